The topological polar surface area (TPSA) is 85.6 Å². The number of nitrogens with one attached hydrogen (secondary N) is 1. The van der Waals surface area contributed by atoms with Crippen molar-refractivity contribution in [1.29, 1.82) is 0 Å². The summed E-state index contributed by atoms with van der Waals surface area (Å²) in [5.41, 5.74) is 2.43. The van der Waals surface area contributed by atoms with Crippen LogP contribution in [0.1, 0.15) is 48.0 Å². The van der Waals surface area contributed by atoms with Crippen LogP contribution >= 0.6 is 0 Å². The lowest BCUT2D eigenvalue weighted by Crippen LogP contribution is -2.23. The fourth-order valence-corrected chi connectivity index (χ4v) is 3.76. The van der Waals surface area contributed by atoms with E-state index in [9.17, 15) is 13.2 Å². The van der Waals surface area contributed by atoms with Gasteiger partial charge in [0.25, 0.3) is 0 Å². The fraction of sp³-hybridized carbons (Fsp3) is 0.261. The monoisotopic (exact) mass is 427 g/mol. The summed E-state index contributed by atoms with van der Waals surface area (Å²) in [4.78, 5) is 12.3. The first kappa shape index (κ1) is 21.8. The Bertz CT molecular complexity index is 1080. The average Bonchev–Trinajstić information content (AvgIpc) is 3.24. The molecule has 1 aromatic heterocycles. The van der Waals surface area contributed by atoms with Gasteiger partial charge in [-0.15, -0.1) is 0 Å². The Balaban J connectivity index is 1.58. The largest absolute Gasteiger partial charge is 0.468 e. The molecule has 0 spiro atoms. The lowest BCUT2D eigenvalue weighted by Gasteiger charge is -2.19. The number of benzene rings is 2. The molecule has 0 bridgehead atoms. The zero-order valence-electron chi connectivity index (χ0n) is 17.2. The van der Waals surface area contributed by atoms with Crippen LogP contribution in [0.4, 0.5) is 0 Å². The van der Waals surface area contributed by atoms with Gasteiger partial charge < -0.3 is 9.15 Å². The molecule has 3 rings (SSSR count). The minimum Gasteiger partial charge on any atom is -0.468 e. The summed E-state index contributed by atoms with van der Waals surface area (Å²) in [6, 6.07) is 16.9. The van der Waals surface area contributed by atoms with E-state index in [1.165, 1.54) is 36.1 Å². The standard InChI is InChI=1S/C23H25NO5S/c1-23(2,3)19-10-6-17(7-11-19)16-29-22(25)18-8-12-21(13-9-18)30(26,27)24-15-20-5-4-14-28-20/h4-14,24H,15-16H2,1-3H3. The summed E-state index contributed by atoms with van der Waals surface area (Å²) in [7, 11) is -3.71. The Labute approximate surface area is 176 Å². The molecule has 0 aliphatic heterocycles. The van der Waals surface area contributed by atoms with Gasteiger partial charge in [-0.2, -0.15) is 0 Å². The molecule has 30 heavy (non-hydrogen) atoms. The van der Waals surface area contributed by atoms with Crippen molar-refractivity contribution in [3.63, 3.8) is 0 Å². The van der Waals surface area contributed by atoms with Crippen LogP contribution in [-0.4, -0.2) is 14.4 Å². The zero-order chi connectivity index (χ0) is 21.8. The van der Waals surface area contributed by atoms with E-state index in [1.807, 2.05) is 24.3 Å². The predicted molar refractivity (Wildman–Crippen MR) is 113 cm³/mol. The molecule has 0 radical (unpaired) electrons. The summed E-state index contributed by atoms with van der Waals surface area (Å²) in [5.74, 6) is -0.00306. The number of carbonyl (C=O) groups is 1. The molecular formula is C23H25NO5S. The predicted octanol–water partition coefficient (Wildman–Crippen LogP) is 4.41. The number of sulfonamides is 1. The first-order valence-corrected chi connectivity index (χ1v) is 11.0. The second kappa shape index (κ2) is 8.85. The summed E-state index contributed by atoms with van der Waals surface area (Å²) in [6.07, 6.45) is 1.48. The Morgan fingerprint density at radius 3 is 2.23 bits per heavy atom. The maximum absolute atomic E-state index is 12.3. The van der Waals surface area contributed by atoms with E-state index in [1.54, 1.807) is 12.1 Å². The molecule has 0 aliphatic carbocycles. The highest BCUT2D eigenvalue weighted by atomic mass is 32.2. The highest BCUT2D eigenvalue weighted by Crippen LogP contribution is 2.22. The van der Waals surface area contributed by atoms with Crippen molar-refractivity contribution < 1.29 is 22.4 Å². The molecule has 3 aromatic rings. The summed E-state index contributed by atoms with van der Waals surface area (Å²) < 4.78 is 37.6. The molecule has 0 atom stereocenters. The summed E-state index contributed by atoms with van der Waals surface area (Å²) in [5, 5.41) is 0. The van der Waals surface area contributed by atoms with Crippen LogP contribution in [0.2, 0.25) is 0 Å². The quantitative estimate of drug-likeness (QED) is 0.565. The van der Waals surface area contributed by atoms with E-state index in [4.69, 9.17) is 9.15 Å². The van der Waals surface area contributed by atoms with Crippen LogP contribution in [0.3, 0.4) is 0 Å². The van der Waals surface area contributed by atoms with Crippen LogP contribution in [0.5, 0.6) is 0 Å². The Kier molecular flexibility index (Phi) is 6.43. The fourth-order valence-electron chi connectivity index (χ4n) is 2.77. The Morgan fingerprint density at radius 2 is 1.67 bits per heavy atom. The number of rotatable bonds is 7. The smallest absolute Gasteiger partial charge is 0.338 e. The molecule has 7 heteroatoms. The normalized spacial score (nSPS) is 12.0. The van der Waals surface area contributed by atoms with Gasteiger partial charge in [0.05, 0.1) is 23.3 Å². The number of hydrogen-bond donors (Lipinski definition) is 1. The highest BCUT2D eigenvalue weighted by Gasteiger charge is 2.16. The molecule has 0 saturated heterocycles. The molecule has 0 fully saturated rings. The van der Waals surface area contributed by atoms with E-state index < -0.39 is 16.0 Å². The van der Waals surface area contributed by atoms with E-state index in [2.05, 4.69) is 25.5 Å². The zero-order valence-corrected chi connectivity index (χ0v) is 18.0. The molecule has 158 valence electrons. The molecule has 0 unspecified atom stereocenters. The lowest BCUT2D eigenvalue weighted by atomic mass is 9.87. The third-order valence-corrected chi connectivity index (χ3v) is 6.02. The van der Waals surface area contributed by atoms with Crippen LogP contribution in [0.15, 0.2) is 76.2 Å². The van der Waals surface area contributed by atoms with E-state index in [-0.39, 0.29) is 29.0 Å². The molecule has 1 heterocycles. The van der Waals surface area contributed by atoms with Crippen molar-refractivity contribution in [3.05, 3.63) is 89.4 Å². The van der Waals surface area contributed by atoms with Gasteiger partial charge in [-0.25, -0.2) is 17.9 Å². The number of furan rings is 1. The Hall–Kier alpha value is -2.90. The molecule has 0 saturated carbocycles. The lowest BCUT2D eigenvalue weighted by molar-refractivity contribution is 0.0472. The molecule has 0 amide bonds. The van der Waals surface area contributed by atoms with Crippen molar-refractivity contribution in [2.45, 2.75) is 44.2 Å². The molecule has 2 aromatic carbocycles. The van der Waals surface area contributed by atoms with Crippen LogP contribution in [0, 0.1) is 0 Å². The van der Waals surface area contributed by atoms with Crippen LogP contribution < -0.4 is 4.72 Å². The third kappa shape index (κ3) is 5.58. The van der Waals surface area contributed by atoms with Crippen molar-refractivity contribution in [2.75, 3.05) is 0 Å². The van der Waals surface area contributed by atoms with Crippen molar-refractivity contribution in [3.8, 4) is 0 Å². The van der Waals surface area contributed by atoms with Gasteiger partial charge in [0.15, 0.2) is 0 Å². The SMILES string of the molecule is CC(C)(C)c1ccc(COC(=O)c2ccc(S(=O)(=O)NCc3ccco3)cc2)cc1. The number of esters is 1. The molecular weight excluding hydrogens is 402 g/mol. The number of hydrogen-bond acceptors (Lipinski definition) is 5. The summed E-state index contributed by atoms with van der Waals surface area (Å²) >= 11 is 0. The second-order valence-corrected chi connectivity index (χ2v) is 9.72. The van der Waals surface area contributed by atoms with Gasteiger partial charge >= 0.3 is 5.97 Å². The van der Waals surface area contributed by atoms with E-state index in [0.29, 0.717) is 5.76 Å². The second-order valence-electron chi connectivity index (χ2n) is 7.95. The van der Waals surface area contributed by atoms with E-state index in [0.717, 1.165) is 5.56 Å². The first-order chi connectivity index (χ1) is 14.1. The minimum atomic E-state index is -3.71. The van der Waals surface area contributed by atoms with Crippen molar-refractivity contribution in [2.24, 2.45) is 0 Å². The average molecular weight is 428 g/mol. The van der Waals surface area contributed by atoms with Crippen molar-refractivity contribution in [1.82, 2.24) is 4.72 Å². The van der Waals surface area contributed by atoms with Gasteiger partial charge in [0.2, 0.25) is 10.0 Å². The number of carbonyl (C=O) groups excluding carboxylic acids is 1. The van der Waals surface area contributed by atoms with Gasteiger partial charge in [0, 0.05) is 0 Å². The third-order valence-electron chi connectivity index (χ3n) is 4.61. The van der Waals surface area contributed by atoms with E-state index >= 15 is 0 Å². The Morgan fingerprint density at radius 1 is 1.00 bits per heavy atom. The van der Waals surface area contributed by atoms with Crippen LogP contribution in [-0.2, 0) is 33.3 Å². The summed E-state index contributed by atoms with van der Waals surface area (Å²) in [6.45, 7) is 6.61. The molecule has 1 N–H and O–H groups in total. The van der Waals surface area contributed by atoms with Gasteiger partial charge in [0.1, 0.15) is 12.4 Å². The van der Waals surface area contributed by atoms with Crippen molar-refractivity contribution >= 4 is 16.0 Å². The van der Waals surface area contributed by atoms with Gasteiger partial charge in [-0.3, -0.25) is 0 Å². The first-order valence-electron chi connectivity index (χ1n) is 9.54. The van der Waals surface area contributed by atoms with Crippen LogP contribution in [0.25, 0.3) is 0 Å². The molecule has 6 nitrogen and oxygen atoms in total. The van der Waals surface area contributed by atoms with Gasteiger partial charge in [-0.05, 0) is 52.9 Å². The highest BCUT2D eigenvalue weighted by molar-refractivity contribution is 7.89. The number of ether oxygens (including phenoxy) is 1. The maximum Gasteiger partial charge on any atom is 0.338 e. The maximum atomic E-state index is 12.3. The minimum absolute atomic E-state index is 0.0487. The van der Waals surface area contributed by atoms with Gasteiger partial charge in [-0.1, -0.05) is 45.0 Å². The molecule has 0 aliphatic rings.